The highest BCUT2D eigenvalue weighted by molar-refractivity contribution is 6.63. The molecule has 0 radical (unpaired) electrons. The van der Waals surface area contributed by atoms with Gasteiger partial charge in [-0.25, -0.2) is 0 Å². The van der Waals surface area contributed by atoms with Gasteiger partial charge in [0.25, 0.3) is 0 Å². The third-order valence-electron chi connectivity index (χ3n) is 4.52. The maximum Gasteiger partial charge on any atom is 0.573 e. The Morgan fingerprint density at radius 2 is 1.83 bits per heavy atom. The third kappa shape index (κ3) is 3.14. The van der Waals surface area contributed by atoms with E-state index in [0.29, 0.717) is 5.69 Å². The molecule has 2 fully saturated rings. The first-order valence-electron chi connectivity index (χ1n) is 7.44. The predicted molar refractivity (Wildman–Crippen MR) is 78.3 cm³/mol. The summed E-state index contributed by atoms with van der Waals surface area (Å²) in [6.45, 7) is 7.38. The standard InChI is InChI=1S/C15H18BF3NO3/c1-13(2)14(3,4)23-16(22-13)11-10(21-15(17,18)19)7-8-20-12(11)9-5-6-9/h5,7-9H,6H2,1-4H3/q+1. The second kappa shape index (κ2) is 5.04. The van der Waals surface area contributed by atoms with Crippen LogP contribution in [-0.4, -0.2) is 29.7 Å². The van der Waals surface area contributed by atoms with Crippen LogP contribution in [0.5, 0.6) is 5.75 Å². The second-order valence-corrected chi connectivity index (χ2v) is 6.82. The normalized spacial score (nSPS) is 25.2. The van der Waals surface area contributed by atoms with Gasteiger partial charge in [0, 0.05) is 6.20 Å². The van der Waals surface area contributed by atoms with Crippen molar-refractivity contribution in [2.75, 3.05) is 0 Å². The highest BCUT2D eigenvalue weighted by Gasteiger charge is 2.55. The van der Waals surface area contributed by atoms with Crippen LogP contribution >= 0.6 is 0 Å². The number of hydrogen-bond donors (Lipinski definition) is 0. The molecule has 0 amide bonds. The molecular weight excluding hydrogens is 310 g/mol. The summed E-state index contributed by atoms with van der Waals surface area (Å²) in [5.41, 5.74) is -0.575. The third-order valence-corrected chi connectivity index (χ3v) is 4.52. The average molecular weight is 328 g/mol. The van der Waals surface area contributed by atoms with Crippen LogP contribution in [0.4, 0.5) is 13.2 Å². The second-order valence-electron chi connectivity index (χ2n) is 6.82. The smallest absolute Gasteiger partial charge is 0.406 e. The molecule has 1 saturated carbocycles. The number of alkyl halides is 3. The van der Waals surface area contributed by atoms with Crippen molar-refractivity contribution in [3.63, 3.8) is 0 Å². The Balaban J connectivity index is 2.03. The molecule has 1 aliphatic heterocycles. The molecule has 1 aliphatic carbocycles. The quantitative estimate of drug-likeness (QED) is 0.632. The zero-order chi connectivity index (χ0) is 17.0. The molecule has 3 rings (SSSR count). The maximum atomic E-state index is 12.7. The number of nitrogens with zero attached hydrogens (tertiary/aromatic N) is 1. The molecule has 0 N–H and O–H groups in total. The molecule has 4 nitrogen and oxygen atoms in total. The van der Waals surface area contributed by atoms with E-state index in [1.165, 1.54) is 12.3 Å². The molecule has 0 spiro atoms. The Morgan fingerprint density at radius 3 is 2.30 bits per heavy atom. The van der Waals surface area contributed by atoms with E-state index < -0.39 is 24.7 Å². The molecule has 0 bridgehead atoms. The maximum absolute atomic E-state index is 12.7. The van der Waals surface area contributed by atoms with Crippen molar-refractivity contribution in [2.24, 2.45) is 0 Å². The van der Waals surface area contributed by atoms with Crippen molar-refractivity contribution in [1.82, 2.24) is 4.98 Å². The lowest BCUT2D eigenvalue weighted by atomic mass is 9.76. The minimum absolute atomic E-state index is 0.0146. The van der Waals surface area contributed by atoms with Gasteiger partial charge < -0.3 is 14.0 Å². The van der Waals surface area contributed by atoms with Crippen LogP contribution in [0.1, 0.15) is 45.7 Å². The molecular formula is C15H18BF3NO3+. The fraction of sp³-hybridized carbons (Fsp3) is 0.600. The van der Waals surface area contributed by atoms with Crippen molar-refractivity contribution in [2.45, 2.75) is 57.6 Å². The first-order valence-corrected chi connectivity index (χ1v) is 7.44. The predicted octanol–water partition coefficient (Wildman–Crippen LogP) is 2.97. The highest BCUT2D eigenvalue weighted by atomic mass is 19.4. The van der Waals surface area contributed by atoms with E-state index >= 15 is 0 Å². The van der Waals surface area contributed by atoms with Crippen LogP contribution in [0.15, 0.2) is 12.3 Å². The van der Waals surface area contributed by atoms with Crippen LogP contribution in [0, 0.1) is 6.42 Å². The van der Waals surface area contributed by atoms with Gasteiger partial charge in [-0.2, -0.15) is 0 Å². The first-order chi connectivity index (χ1) is 10.5. The average Bonchev–Trinajstić information content (AvgIpc) is 3.15. The number of pyridine rings is 1. The lowest BCUT2D eigenvalue weighted by Gasteiger charge is -2.32. The minimum Gasteiger partial charge on any atom is -0.406 e. The topological polar surface area (TPSA) is 40.6 Å². The van der Waals surface area contributed by atoms with Crippen LogP contribution < -0.4 is 10.2 Å². The summed E-state index contributed by atoms with van der Waals surface area (Å²) in [4.78, 5) is 4.23. The summed E-state index contributed by atoms with van der Waals surface area (Å²) in [5, 5.41) is 0. The van der Waals surface area contributed by atoms with Gasteiger partial charge in [0.1, 0.15) is 12.2 Å². The number of rotatable bonds is 3. The number of hydrogen-bond acceptors (Lipinski definition) is 4. The van der Waals surface area contributed by atoms with Crippen molar-refractivity contribution >= 4 is 12.6 Å². The van der Waals surface area contributed by atoms with Gasteiger partial charge in [0.2, 0.25) is 0 Å². The van der Waals surface area contributed by atoms with Gasteiger partial charge in [-0.05, 0) is 33.8 Å². The molecule has 2 heterocycles. The van der Waals surface area contributed by atoms with E-state index in [2.05, 4.69) is 9.72 Å². The molecule has 23 heavy (non-hydrogen) atoms. The molecule has 1 aromatic heterocycles. The van der Waals surface area contributed by atoms with Gasteiger partial charge >= 0.3 is 13.5 Å². The largest absolute Gasteiger partial charge is 0.573 e. The van der Waals surface area contributed by atoms with Gasteiger partial charge in [-0.1, -0.05) is 0 Å². The summed E-state index contributed by atoms with van der Waals surface area (Å²) in [5.74, 6) is -0.304. The van der Waals surface area contributed by atoms with Crippen molar-refractivity contribution < 1.29 is 27.2 Å². The van der Waals surface area contributed by atoms with Crippen molar-refractivity contribution in [3.05, 3.63) is 24.4 Å². The van der Waals surface area contributed by atoms with E-state index in [9.17, 15) is 13.2 Å². The molecule has 124 valence electrons. The van der Waals surface area contributed by atoms with Crippen LogP contribution in [-0.2, 0) is 9.31 Å². The van der Waals surface area contributed by atoms with E-state index in [4.69, 9.17) is 9.31 Å². The Bertz CT molecular complexity index is 598. The highest BCUT2D eigenvalue weighted by Crippen LogP contribution is 2.42. The number of aromatic nitrogens is 1. The Labute approximate surface area is 133 Å². The number of halogens is 3. The molecule has 0 aromatic carbocycles. The summed E-state index contributed by atoms with van der Waals surface area (Å²) < 4.78 is 54.2. The summed E-state index contributed by atoms with van der Waals surface area (Å²) in [7, 11) is -0.949. The van der Waals surface area contributed by atoms with Crippen molar-refractivity contribution in [3.8, 4) is 5.75 Å². The Hall–Kier alpha value is -1.41. The fourth-order valence-corrected chi connectivity index (χ4v) is 2.47. The lowest BCUT2D eigenvalue weighted by Crippen LogP contribution is -2.41. The van der Waals surface area contributed by atoms with Crippen LogP contribution in [0.2, 0.25) is 0 Å². The van der Waals surface area contributed by atoms with E-state index in [1.807, 2.05) is 34.1 Å². The molecule has 1 saturated heterocycles. The van der Waals surface area contributed by atoms with Crippen molar-refractivity contribution in [1.29, 1.82) is 0 Å². The van der Waals surface area contributed by atoms with Gasteiger partial charge in [0.05, 0.1) is 28.8 Å². The van der Waals surface area contributed by atoms with Gasteiger partial charge in [-0.15, -0.1) is 13.2 Å². The van der Waals surface area contributed by atoms with E-state index in [1.54, 1.807) is 0 Å². The zero-order valence-electron chi connectivity index (χ0n) is 13.4. The fourth-order valence-electron chi connectivity index (χ4n) is 2.47. The van der Waals surface area contributed by atoms with Gasteiger partial charge in [0.15, 0.2) is 5.92 Å². The van der Waals surface area contributed by atoms with Gasteiger partial charge in [-0.3, -0.25) is 4.98 Å². The molecule has 1 unspecified atom stereocenters. The minimum atomic E-state index is -4.79. The first kappa shape index (κ1) is 16.5. The summed E-state index contributed by atoms with van der Waals surface area (Å²) >= 11 is 0. The molecule has 8 heteroatoms. The molecule has 1 atom stereocenters. The van der Waals surface area contributed by atoms with Crippen LogP contribution in [0.3, 0.4) is 0 Å². The monoisotopic (exact) mass is 328 g/mol. The Kier molecular flexibility index (Phi) is 3.61. The van der Waals surface area contributed by atoms with E-state index in [-0.39, 0.29) is 17.1 Å². The zero-order valence-corrected chi connectivity index (χ0v) is 13.4. The number of ether oxygens (including phenoxy) is 1. The molecule has 2 aliphatic rings. The SMILES string of the molecule is CC1(C)OB(c2c(OC(F)(F)F)ccnc2C2[CH+]C2)OC1(C)C. The lowest BCUT2D eigenvalue weighted by molar-refractivity contribution is -0.274. The summed E-state index contributed by atoms with van der Waals surface area (Å²) in [6.07, 6.45) is -0.731. The van der Waals surface area contributed by atoms with Crippen LogP contribution in [0.25, 0.3) is 0 Å². The molecule has 1 aromatic rings. The summed E-state index contributed by atoms with van der Waals surface area (Å²) in [6, 6.07) is 1.19. The Morgan fingerprint density at radius 1 is 1.26 bits per heavy atom. The van der Waals surface area contributed by atoms with E-state index in [0.717, 1.165) is 6.42 Å².